The monoisotopic (exact) mass is 509 g/mol. The van der Waals surface area contributed by atoms with E-state index in [1.54, 1.807) is 29.2 Å². The highest BCUT2D eigenvalue weighted by Gasteiger charge is 2.48. The molecule has 37 heavy (non-hydrogen) atoms. The third-order valence-electron chi connectivity index (χ3n) is 6.79. The topological polar surface area (TPSA) is 49.8 Å². The first-order valence-electron chi connectivity index (χ1n) is 12.7. The number of β-lactam (4-membered cyclic amide) rings is 1. The molecule has 1 saturated heterocycles. The molecule has 5 nitrogen and oxygen atoms in total. The number of aliphatic hydroxyl groups is 1. The quantitative estimate of drug-likeness (QED) is 0.206. The van der Waals surface area contributed by atoms with E-state index in [9.17, 15) is 18.7 Å². The standard InChI is InChI=1S/C30H35F2N2O3/c1-34(2,3)19-4-20-37-26-15-7-22(8-16-26)29-27(17-18-28(35)21-5-9-23(31)10-6-21)30(36)33(29)25-13-11-24(32)12-14-25/h5-16,27-29,35H,4,17-20H2,1-3H3/q+1. The second-order valence-corrected chi connectivity index (χ2v) is 10.7. The van der Waals surface area contributed by atoms with Crippen LogP contribution in [0.4, 0.5) is 14.5 Å². The average Bonchev–Trinajstić information content (AvgIpc) is 2.86. The van der Waals surface area contributed by atoms with Crippen molar-refractivity contribution in [3.63, 3.8) is 0 Å². The largest absolute Gasteiger partial charge is 0.493 e. The maximum absolute atomic E-state index is 13.5. The zero-order valence-electron chi connectivity index (χ0n) is 21.6. The Hall–Kier alpha value is -3.29. The number of amides is 1. The summed E-state index contributed by atoms with van der Waals surface area (Å²) in [5.41, 5.74) is 2.20. The maximum atomic E-state index is 13.5. The Bertz CT molecular complexity index is 1180. The fourth-order valence-corrected chi connectivity index (χ4v) is 4.78. The van der Waals surface area contributed by atoms with Crippen molar-refractivity contribution in [2.75, 3.05) is 39.2 Å². The molecule has 3 atom stereocenters. The van der Waals surface area contributed by atoms with Crippen LogP contribution >= 0.6 is 0 Å². The number of hydrogen-bond acceptors (Lipinski definition) is 3. The lowest BCUT2D eigenvalue weighted by Gasteiger charge is -2.48. The molecule has 7 heteroatoms. The first-order valence-corrected chi connectivity index (χ1v) is 12.7. The predicted octanol–water partition coefficient (Wildman–Crippen LogP) is 5.66. The van der Waals surface area contributed by atoms with Crippen LogP contribution in [0.5, 0.6) is 5.75 Å². The second-order valence-electron chi connectivity index (χ2n) is 10.7. The lowest BCUT2D eigenvalue weighted by atomic mass is 9.78. The van der Waals surface area contributed by atoms with Gasteiger partial charge in [-0.1, -0.05) is 24.3 Å². The minimum atomic E-state index is -0.795. The van der Waals surface area contributed by atoms with E-state index < -0.39 is 6.10 Å². The number of hydrogen-bond donors (Lipinski definition) is 1. The van der Waals surface area contributed by atoms with E-state index in [-0.39, 0.29) is 29.5 Å². The van der Waals surface area contributed by atoms with Crippen molar-refractivity contribution in [1.82, 2.24) is 0 Å². The first-order chi connectivity index (χ1) is 17.6. The zero-order valence-corrected chi connectivity index (χ0v) is 21.6. The minimum absolute atomic E-state index is 0.0662. The third-order valence-corrected chi connectivity index (χ3v) is 6.79. The van der Waals surface area contributed by atoms with Crippen LogP contribution in [0.15, 0.2) is 72.8 Å². The molecule has 3 aromatic rings. The normalized spacial score (nSPS) is 18.4. The van der Waals surface area contributed by atoms with Gasteiger partial charge in [-0.2, -0.15) is 0 Å². The SMILES string of the molecule is C[N+](C)(C)CCCOc1ccc(C2C(CCC(O)c3ccc(F)cc3)C(=O)N2c2ccc(F)cc2)cc1. The van der Waals surface area contributed by atoms with Crippen LogP contribution in [0.25, 0.3) is 0 Å². The number of benzene rings is 3. The van der Waals surface area contributed by atoms with Gasteiger partial charge < -0.3 is 19.2 Å². The summed E-state index contributed by atoms with van der Waals surface area (Å²) in [6, 6.07) is 19.2. The number of ether oxygens (including phenoxy) is 1. The van der Waals surface area contributed by atoms with E-state index in [4.69, 9.17) is 4.74 Å². The van der Waals surface area contributed by atoms with Crippen molar-refractivity contribution in [3.8, 4) is 5.75 Å². The maximum Gasteiger partial charge on any atom is 0.233 e. The van der Waals surface area contributed by atoms with E-state index in [0.29, 0.717) is 30.7 Å². The summed E-state index contributed by atoms with van der Waals surface area (Å²) < 4.78 is 33.6. The molecular weight excluding hydrogens is 474 g/mol. The van der Waals surface area contributed by atoms with Gasteiger partial charge in [0.1, 0.15) is 17.4 Å². The van der Waals surface area contributed by atoms with Crippen LogP contribution in [0.1, 0.15) is 42.5 Å². The van der Waals surface area contributed by atoms with Crippen molar-refractivity contribution in [2.24, 2.45) is 5.92 Å². The molecule has 0 aliphatic carbocycles. The van der Waals surface area contributed by atoms with Crippen molar-refractivity contribution >= 4 is 11.6 Å². The molecule has 1 aliphatic rings. The van der Waals surface area contributed by atoms with Crippen LogP contribution in [0.3, 0.4) is 0 Å². The lowest BCUT2D eigenvalue weighted by molar-refractivity contribution is -0.870. The van der Waals surface area contributed by atoms with E-state index >= 15 is 0 Å². The van der Waals surface area contributed by atoms with Crippen LogP contribution in [0, 0.1) is 17.6 Å². The Labute approximate surface area is 217 Å². The van der Waals surface area contributed by atoms with Gasteiger partial charge in [0.25, 0.3) is 0 Å². The van der Waals surface area contributed by atoms with E-state index in [2.05, 4.69) is 21.1 Å². The molecule has 1 heterocycles. The number of rotatable bonds is 11. The van der Waals surface area contributed by atoms with Crippen molar-refractivity contribution < 1.29 is 27.9 Å². The highest BCUT2D eigenvalue weighted by Crippen LogP contribution is 2.46. The molecule has 0 saturated carbocycles. The highest BCUT2D eigenvalue weighted by atomic mass is 19.1. The predicted molar refractivity (Wildman–Crippen MR) is 140 cm³/mol. The van der Waals surface area contributed by atoms with Crippen LogP contribution in [-0.2, 0) is 4.79 Å². The summed E-state index contributed by atoms with van der Waals surface area (Å²) in [7, 11) is 6.45. The van der Waals surface area contributed by atoms with Crippen LogP contribution in [0.2, 0.25) is 0 Å². The number of aliphatic hydroxyl groups excluding tert-OH is 1. The molecule has 1 N–H and O–H groups in total. The Morgan fingerprint density at radius 2 is 1.51 bits per heavy atom. The van der Waals surface area contributed by atoms with E-state index in [1.807, 2.05) is 24.3 Å². The summed E-state index contributed by atoms with van der Waals surface area (Å²) in [5.74, 6) is -0.354. The fourth-order valence-electron chi connectivity index (χ4n) is 4.78. The van der Waals surface area contributed by atoms with Crippen LogP contribution in [-0.4, -0.2) is 49.8 Å². The van der Waals surface area contributed by atoms with Gasteiger partial charge in [-0.3, -0.25) is 4.79 Å². The van der Waals surface area contributed by atoms with E-state index in [1.165, 1.54) is 24.3 Å². The minimum Gasteiger partial charge on any atom is -0.493 e. The Kier molecular flexibility index (Phi) is 8.25. The summed E-state index contributed by atoms with van der Waals surface area (Å²) in [4.78, 5) is 14.9. The Morgan fingerprint density at radius 1 is 0.919 bits per heavy atom. The van der Waals surface area contributed by atoms with Gasteiger partial charge in [-0.25, -0.2) is 8.78 Å². The number of nitrogens with zero attached hydrogens (tertiary/aromatic N) is 2. The first kappa shape index (κ1) is 26.8. The van der Waals surface area contributed by atoms with Gasteiger partial charge >= 0.3 is 0 Å². The number of halogens is 2. The molecule has 0 bridgehead atoms. The molecule has 4 rings (SSSR count). The number of carbonyl (C=O) groups is 1. The lowest BCUT2D eigenvalue weighted by Crippen LogP contribution is -2.55. The number of quaternary nitrogens is 1. The van der Waals surface area contributed by atoms with Crippen molar-refractivity contribution in [1.29, 1.82) is 0 Å². The number of anilines is 1. The zero-order chi connectivity index (χ0) is 26.6. The molecule has 1 amide bonds. The number of carbonyl (C=O) groups excluding carboxylic acids is 1. The van der Waals surface area contributed by atoms with E-state index in [0.717, 1.165) is 28.8 Å². The van der Waals surface area contributed by atoms with Gasteiger partial charge in [0.2, 0.25) is 5.91 Å². The Morgan fingerprint density at radius 3 is 2.11 bits per heavy atom. The second kappa shape index (κ2) is 11.4. The smallest absolute Gasteiger partial charge is 0.233 e. The third kappa shape index (κ3) is 6.73. The molecule has 0 spiro atoms. The van der Waals surface area contributed by atoms with Gasteiger partial charge in [0.15, 0.2) is 0 Å². The fraction of sp³-hybridized carbons (Fsp3) is 0.367. The molecule has 1 aliphatic heterocycles. The Balaban J connectivity index is 1.47. The molecule has 3 unspecified atom stereocenters. The molecular formula is C30H35F2N2O3+. The van der Waals surface area contributed by atoms with Crippen molar-refractivity contribution in [3.05, 3.63) is 95.6 Å². The average molecular weight is 510 g/mol. The van der Waals surface area contributed by atoms with Gasteiger partial charge in [0.05, 0.1) is 52.4 Å². The molecule has 0 radical (unpaired) electrons. The molecule has 3 aromatic carbocycles. The molecule has 0 aromatic heterocycles. The summed E-state index contributed by atoms with van der Waals surface area (Å²) in [6.07, 6.45) is 0.974. The van der Waals surface area contributed by atoms with Crippen molar-refractivity contribution in [2.45, 2.75) is 31.4 Å². The van der Waals surface area contributed by atoms with Gasteiger partial charge in [0, 0.05) is 12.1 Å². The molecule has 1 fully saturated rings. The summed E-state index contributed by atoms with van der Waals surface area (Å²) in [5, 5.41) is 10.6. The van der Waals surface area contributed by atoms with Crippen LogP contribution < -0.4 is 9.64 Å². The van der Waals surface area contributed by atoms with Gasteiger partial charge in [-0.15, -0.1) is 0 Å². The summed E-state index contributed by atoms with van der Waals surface area (Å²) in [6.45, 7) is 1.64. The van der Waals surface area contributed by atoms with Gasteiger partial charge in [-0.05, 0) is 72.5 Å². The summed E-state index contributed by atoms with van der Waals surface area (Å²) >= 11 is 0. The highest BCUT2D eigenvalue weighted by molar-refractivity contribution is 6.03. The molecule has 196 valence electrons.